The Hall–Kier alpha value is -2.96. The predicted molar refractivity (Wildman–Crippen MR) is 88.2 cm³/mol. The molecule has 1 aliphatic rings. The van der Waals surface area contributed by atoms with Crippen molar-refractivity contribution in [3.05, 3.63) is 47.9 Å². The van der Waals surface area contributed by atoms with Gasteiger partial charge in [0, 0.05) is 18.3 Å². The number of benzene rings is 1. The highest BCUT2D eigenvalue weighted by Crippen LogP contribution is 2.32. The number of anilines is 4. The van der Waals surface area contributed by atoms with Crippen LogP contribution in [0.5, 0.6) is 0 Å². The number of aromatic amines is 1. The molecule has 3 aromatic rings. The topological polar surface area (TPSA) is 82.6 Å². The van der Waals surface area contributed by atoms with Gasteiger partial charge in [0.05, 0.1) is 6.20 Å². The van der Waals surface area contributed by atoms with E-state index in [1.54, 1.807) is 6.20 Å². The Morgan fingerprint density at radius 1 is 1.22 bits per heavy atom. The first-order valence-corrected chi connectivity index (χ1v) is 7.62. The maximum atomic E-state index is 4.54. The number of hydrogen-bond acceptors (Lipinski definition) is 6. The second-order valence-corrected chi connectivity index (χ2v) is 5.59. The van der Waals surface area contributed by atoms with Crippen molar-refractivity contribution in [2.45, 2.75) is 19.8 Å². The summed E-state index contributed by atoms with van der Waals surface area (Å²) < 4.78 is 0. The molecule has 1 aliphatic heterocycles. The standard InChI is InChI=1S/C16H17N7/c1-11-4-5-13-12(9-11)3-2-8-23(13)16-18-10-17-15(21-16)20-14-6-7-19-22-14/h4-7,9-10H,2-3,8H2,1H3,(H2,17,18,19,20,21,22). The lowest BCUT2D eigenvalue weighted by Crippen LogP contribution is -2.26. The fraction of sp³-hybridized carbons (Fsp3) is 0.250. The largest absolute Gasteiger partial charge is 0.310 e. The van der Waals surface area contributed by atoms with Gasteiger partial charge in [-0.2, -0.15) is 10.1 Å². The highest BCUT2D eigenvalue weighted by molar-refractivity contribution is 5.64. The van der Waals surface area contributed by atoms with E-state index in [2.05, 4.69) is 60.5 Å². The first-order valence-electron chi connectivity index (χ1n) is 7.62. The lowest BCUT2D eigenvalue weighted by atomic mass is 10.00. The average Bonchev–Trinajstić information content (AvgIpc) is 3.07. The van der Waals surface area contributed by atoms with E-state index in [9.17, 15) is 0 Å². The molecule has 2 N–H and O–H groups in total. The van der Waals surface area contributed by atoms with Gasteiger partial charge in [0.1, 0.15) is 12.1 Å². The molecule has 7 nitrogen and oxygen atoms in total. The molecule has 0 amide bonds. The maximum absolute atomic E-state index is 4.54. The molecule has 0 saturated carbocycles. The Labute approximate surface area is 133 Å². The Bertz CT molecular complexity index is 813. The molecule has 4 rings (SSSR count). The van der Waals surface area contributed by atoms with Gasteiger partial charge in [-0.15, -0.1) is 0 Å². The fourth-order valence-electron chi connectivity index (χ4n) is 2.86. The molecule has 2 aromatic heterocycles. The summed E-state index contributed by atoms with van der Waals surface area (Å²) in [6.07, 6.45) is 5.39. The van der Waals surface area contributed by atoms with E-state index < -0.39 is 0 Å². The Morgan fingerprint density at radius 2 is 2.17 bits per heavy atom. The minimum atomic E-state index is 0.499. The summed E-state index contributed by atoms with van der Waals surface area (Å²) in [5, 5.41) is 9.82. The van der Waals surface area contributed by atoms with Gasteiger partial charge >= 0.3 is 0 Å². The van der Waals surface area contributed by atoms with Crippen LogP contribution in [0.15, 0.2) is 36.8 Å². The molecular formula is C16H17N7. The van der Waals surface area contributed by atoms with Gasteiger partial charge in [0.2, 0.25) is 11.9 Å². The van der Waals surface area contributed by atoms with E-state index in [-0.39, 0.29) is 0 Å². The summed E-state index contributed by atoms with van der Waals surface area (Å²) in [7, 11) is 0. The van der Waals surface area contributed by atoms with E-state index in [0.717, 1.165) is 25.2 Å². The molecule has 0 aliphatic carbocycles. The van der Waals surface area contributed by atoms with Gasteiger partial charge < -0.3 is 10.2 Å². The van der Waals surface area contributed by atoms with Crippen molar-refractivity contribution >= 4 is 23.4 Å². The Balaban J connectivity index is 1.66. The van der Waals surface area contributed by atoms with Gasteiger partial charge in [0.25, 0.3) is 0 Å². The number of aromatic nitrogens is 5. The van der Waals surface area contributed by atoms with Crippen molar-refractivity contribution in [3.8, 4) is 0 Å². The molecule has 0 bridgehead atoms. The van der Waals surface area contributed by atoms with Gasteiger partial charge in [-0.3, -0.25) is 5.10 Å². The van der Waals surface area contributed by atoms with Crippen molar-refractivity contribution in [2.75, 3.05) is 16.8 Å². The lowest BCUT2D eigenvalue weighted by Gasteiger charge is -2.29. The minimum Gasteiger partial charge on any atom is -0.310 e. The molecule has 0 fully saturated rings. The molecular weight excluding hydrogens is 290 g/mol. The van der Waals surface area contributed by atoms with Crippen LogP contribution in [0, 0.1) is 6.92 Å². The smallest absolute Gasteiger partial charge is 0.234 e. The van der Waals surface area contributed by atoms with Crippen LogP contribution in [0.25, 0.3) is 0 Å². The van der Waals surface area contributed by atoms with Gasteiger partial charge in [0.15, 0.2) is 0 Å². The molecule has 7 heteroatoms. The molecule has 0 saturated heterocycles. The number of hydrogen-bond donors (Lipinski definition) is 2. The first kappa shape index (κ1) is 13.7. The lowest BCUT2D eigenvalue weighted by molar-refractivity contribution is 0.747. The summed E-state index contributed by atoms with van der Waals surface area (Å²) in [6, 6.07) is 8.34. The van der Waals surface area contributed by atoms with Crippen LogP contribution in [-0.4, -0.2) is 31.7 Å². The number of fused-ring (bicyclic) bond motifs is 1. The third kappa shape index (κ3) is 2.73. The van der Waals surface area contributed by atoms with Crippen LogP contribution in [0.1, 0.15) is 17.5 Å². The number of nitrogens with zero attached hydrogens (tertiary/aromatic N) is 5. The number of nitrogens with one attached hydrogen (secondary N) is 2. The van der Waals surface area contributed by atoms with Gasteiger partial charge in [-0.1, -0.05) is 17.7 Å². The van der Waals surface area contributed by atoms with Gasteiger partial charge in [-0.05, 0) is 31.4 Å². The highest BCUT2D eigenvalue weighted by atomic mass is 15.3. The van der Waals surface area contributed by atoms with Crippen LogP contribution in [-0.2, 0) is 6.42 Å². The van der Waals surface area contributed by atoms with E-state index in [1.165, 1.54) is 23.1 Å². The molecule has 0 atom stereocenters. The molecule has 0 spiro atoms. The van der Waals surface area contributed by atoms with Crippen molar-refractivity contribution in [1.82, 2.24) is 25.1 Å². The van der Waals surface area contributed by atoms with Crippen LogP contribution < -0.4 is 10.2 Å². The average molecular weight is 307 g/mol. The summed E-state index contributed by atoms with van der Waals surface area (Å²) in [6.45, 7) is 3.03. The SMILES string of the molecule is Cc1ccc2c(c1)CCCN2c1ncnc(Nc2ccn[nH]2)n1. The highest BCUT2D eigenvalue weighted by Gasteiger charge is 2.20. The summed E-state index contributed by atoms with van der Waals surface area (Å²) in [5.74, 6) is 1.90. The number of aryl methyl sites for hydroxylation is 2. The van der Waals surface area contributed by atoms with Crippen LogP contribution in [0.4, 0.5) is 23.4 Å². The zero-order chi connectivity index (χ0) is 15.6. The molecule has 116 valence electrons. The summed E-state index contributed by atoms with van der Waals surface area (Å²) >= 11 is 0. The van der Waals surface area contributed by atoms with E-state index in [4.69, 9.17) is 0 Å². The second-order valence-electron chi connectivity index (χ2n) is 5.59. The van der Waals surface area contributed by atoms with Crippen molar-refractivity contribution in [1.29, 1.82) is 0 Å². The Morgan fingerprint density at radius 3 is 3.04 bits per heavy atom. The third-order valence-corrected chi connectivity index (χ3v) is 3.90. The molecule has 3 heterocycles. The van der Waals surface area contributed by atoms with E-state index in [0.29, 0.717) is 11.9 Å². The van der Waals surface area contributed by atoms with Crippen molar-refractivity contribution in [2.24, 2.45) is 0 Å². The second kappa shape index (κ2) is 5.68. The van der Waals surface area contributed by atoms with E-state index >= 15 is 0 Å². The number of H-pyrrole nitrogens is 1. The third-order valence-electron chi connectivity index (χ3n) is 3.90. The zero-order valence-corrected chi connectivity index (χ0v) is 12.8. The van der Waals surface area contributed by atoms with Crippen molar-refractivity contribution in [3.63, 3.8) is 0 Å². The quantitative estimate of drug-likeness (QED) is 0.774. The van der Waals surface area contributed by atoms with Gasteiger partial charge in [-0.25, -0.2) is 9.97 Å². The summed E-state index contributed by atoms with van der Waals surface area (Å²) in [4.78, 5) is 15.2. The van der Waals surface area contributed by atoms with Crippen LogP contribution >= 0.6 is 0 Å². The molecule has 1 aromatic carbocycles. The first-order chi connectivity index (χ1) is 11.3. The minimum absolute atomic E-state index is 0.499. The zero-order valence-electron chi connectivity index (χ0n) is 12.8. The molecule has 23 heavy (non-hydrogen) atoms. The summed E-state index contributed by atoms with van der Waals surface area (Å²) in [5.41, 5.74) is 3.81. The monoisotopic (exact) mass is 307 g/mol. The van der Waals surface area contributed by atoms with Crippen LogP contribution in [0.3, 0.4) is 0 Å². The number of rotatable bonds is 3. The van der Waals surface area contributed by atoms with Crippen molar-refractivity contribution < 1.29 is 0 Å². The fourth-order valence-corrected chi connectivity index (χ4v) is 2.86. The van der Waals surface area contributed by atoms with E-state index in [1.807, 2.05) is 6.07 Å². The molecule has 0 unspecified atom stereocenters. The Kier molecular flexibility index (Phi) is 3.38. The van der Waals surface area contributed by atoms with Crippen LogP contribution in [0.2, 0.25) is 0 Å². The maximum Gasteiger partial charge on any atom is 0.234 e. The normalized spacial score (nSPS) is 13.7. The molecule has 0 radical (unpaired) electrons. The predicted octanol–water partition coefficient (Wildman–Crippen LogP) is 2.73.